The van der Waals surface area contributed by atoms with Crippen molar-refractivity contribution < 1.29 is 14.4 Å². The molecule has 3 aromatic carbocycles. The molecule has 7 rings (SSSR count). The molecule has 3 aromatic rings. The van der Waals surface area contributed by atoms with E-state index in [1.54, 1.807) is 25.1 Å². The van der Waals surface area contributed by atoms with Gasteiger partial charge in [0.05, 0.1) is 11.8 Å². The summed E-state index contributed by atoms with van der Waals surface area (Å²) in [6.07, 6.45) is 0. The summed E-state index contributed by atoms with van der Waals surface area (Å²) in [6, 6.07) is 18.9. The van der Waals surface area contributed by atoms with Gasteiger partial charge in [-0.3, -0.25) is 19.3 Å². The Kier molecular flexibility index (Phi) is 5.11. The first-order chi connectivity index (χ1) is 17.1. The zero-order valence-electron chi connectivity index (χ0n) is 19.4. The van der Waals surface area contributed by atoms with Gasteiger partial charge < -0.3 is 5.32 Å². The minimum atomic E-state index is -1.28. The Morgan fingerprint density at radius 1 is 0.833 bits per heavy atom. The number of alkyl halides is 2. The van der Waals surface area contributed by atoms with Gasteiger partial charge >= 0.3 is 0 Å². The molecule has 1 aliphatic heterocycles. The van der Waals surface area contributed by atoms with Crippen LogP contribution in [0.15, 0.2) is 66.7 Å². The van der Waals surface area contributed by atoms with E-state index in [1.807, 2.05) is 48.5 Å². The molecular formula is C28H21Cl3N2O3. The van der Waals surface area contributed by atoms with Crippen molar-refractivity contribution in [3.63, 3.8) is 0 Å². The third-order valence-corrected chi connectivity index (χ3v) is 9.61. The molecule has 0 saturated carbocycles. The summed E-state index contributed by atoms with van der Waals surface area (Å²) in [4.78, 5) is 39.7. The second kappa shape index (κ2) is 7.82. The fourth-order valence-electron chi connectivity index (χ4n) is 6.17. The van der Waals surface area contributed by atoms with E-state index in [4.69, 9.17) is 34.8 Å². The lowest BCUT2D eigenvalue weighted by atomic mass is 9.54. The van der Waals surface area contributed by atoms with E-state index in [0.29, 0.717) is 16.3 Å². The molecule has 5 nitrogen and oxygen atoms in total. The maximum absolute atomic E-state index is 14.0. The number of benzene rings is 3. The van der Waals surface area contributed by atoms with E-state index >= 15 is 0 Å². The second-order valence-electron chi connectivity index (χ2n) is 9.59. The predicted molar refractivity (Wildman–Crippen MR) is 139 cm³/mol. The van der Waals surface area contributed by atoms with Crippen LogP contribution >= 0.6 is 34.8 Å². The van der Waals surface area contributed by atoms with E-state index < -0.39 is 45.3 Å². The van der Waals surface area contributed by atoms with Crippen LogP contribution in [0.4, 0.5) is 5.69 Å². The number of nitrogens with zero attached hydrogens (tertiary/aromatic N) is 1. The van der Waals surface area contributed by atoms with Gasteiger partial charge in [-0.2, -0.15) is 0 Å². The van der Waals surface area contributed by atoms with Gasteiger partial charge in [0.2, 0.25) is 17.7 Å². The van der Waals surface area contributed by atoms with Gasteiger partial charge in [-0.25, -0.2) is 0 Å². The number of halogens is 3. The lowest BCUT2D eigenvalue weighted by molar-refractivity contribution is -0.146. The van der Waals surface area contributed by atoms with Crippen LogP contribution in [-0.2, 0) is 24.1 Å². The van der Waals surface area contributed by atoms with Crippen LogP contribution in [0.25, 0.3) is 0 Å². The maximum atomic E-state index is 14.0. The number of amides is 3. The largest absolute Gasteiger partial charge is 0.324 e. The third kappa shape index (κ3) is 2.77. The zero-order chi connectivity index (χ0) is 25.6. The molecule has 0 spiro atoms. The van der Waals surface area contributed by atoms with E-state index in [2.05, 4.69) is 5.32 Å². The summed E-state index contributed by atoms with van der Waals surface area (Å²) in [5.74, 6) is -3.40. The number of anilines is 1. The van der Waals surface area contributed by atoms with E-state index in [-0.39, 0.29) is 0 Å². The highest BCUT2D eigenvalue weighted by molar-refractivity contribution is 6.36. The Bertz CT molecular complexity index is 1360. The van der Waals surface area contributed by atoms with Crippen molar-refractivity contribution in [1.82, 2.24) is 4.90 Å². The normalized spacial score (nSPS) is 28.4. The lowest BCUT2D eigenvalue weighted by Crippen LogP contribution is -2.57. The van der Waals surface area contributed by atoms with Gasteiger partial charge in [-0.1, -0.05) is 66.2 Å². The molecule has 0 unspecified atom stereocenters. The smallest absolute Gasteiger partial charge is 0.247 e. The summed E-state index contributed by atoms with van der Waals surface area (Å²) in [5.41, 5.74) is 4.08. The van der Waals surface area contributed by atoms with Crippen LogP contribution in [0.1, 0.15) is 34.7 Å². The van der Waals surface area contributed by atoms with E-state index in [0.717, 1.165) is 27.2 Å². The fraction of sp³-hybridized carbons (Fsp3) is 0.250. The molecule has 3 atom stereocenters. The highest BCUT2D eigenvalue weighted by Gasteiger charge is 2.73. The Balaban J connectivity index is 1.45. The first kappa shape index (κ1) is 23.5. The van der Waals surface area contributed by atoms with Gasteiger partial charge in [0.1, 0.15) is 15.8 Å². The quantitative estimate of drug-likeness (QED) is 0.350. The zero-order valence-corrected chi connectivity index (χ0v) is 21.7. The summed E-state index contributed by atoms with van der Waals surface area (Å²) in [6.45, 7) is 3.32. The van der Waals surface area contributed by atoms with Gasteiger partial charge in [0.25, 0.3) is 0 Å². The van der Waals surface area contributed by atoms with Gasteiger partial charge in [-0.05, 0) is 53.8 Å². The lowest BCUT2D eigenvalue weighted by Gasteiger charge is -2.54. The molecule has 0 aromatic heterocycles. The molecule has 3 aliphatic carbocycles. The van der Waals surface area contributed by atoms with Crippen LogP contribution < -0.4 is 5.32 Å². The van der Waals surface area contributed by atoms with Crippen LogP contribution in [0, 0.1) is 18.8 Å². The number of hydrogen-bond acceptors (Lipinski definition) is 3. The molecule has 1 saturated heterocycles. The van der Waals surface area contributed by atoms with Crippen molar-refractivity contribution in [2.75, 3.05) is 5.32 Å². The molecule has 8 heteroatoms. The summed E-state index contributed by atoms with van der Waals surface area (Å²) < 4.78 is 0. The molecule has 182 valence electrons. The summed E-state index contributed by atoms with van der Waals surface area (Å²) >= 11 is 21.0. The number of rotatable bonds is 3. The number of likely N-dealkylation sites (tertiary alicyclic amines) is 1. The van der Waals surface area contributed by atoms with Crippen molar-refractivity contribution >= 4 is 58.2 Å². The van der Waals surface area contributed by atoms with Crippen LogP contribution in [0.3, 0.4) is 0 Å². The number of carbonyl (C=O) groups excluding carboxylic acids is 3. The highest BCUT2D eigenvalue weighted by atomic mass is 35.5. The molecule has 2 bridgehead atoms. The number of carbonyl (C=O) groups is 3. The fourth-order valence-corrected chi connectivity index (χ4v) is 7.44. The van der Waals surface area contributed by atoms with E-state index in [9.17, 15) is 14.4 Å². The Labute approximate surface area is 223 Å². The van der Waals surface area contributed by atoms with Gasteiger partial charge in [-0.15, -0.1) is 23.2 Å². The highest BCUT2D eigenvalue weighted by Crippen LogP contribution is 2.69. The first-order valence-corrected chi connectivity index (χ1v) is 12.8. The topological polar surface area (TPSA) is 66.5 Å². The summed E-state index contributed by atoms with van der Waals surface area (Å²) in [5, 5.41) is 3.31. The SMILES string of the molecule is Cc1c(Cl)cccc1NC(=O)[C@H](C)N1C(=O)[C@@H]2[C@@H](C1=O)C1(Cl)c3ccccc3C2(Cl)c2ccccc21. The average molecular weight is 540 g/mol. The Morgan fingerprint density at radius 3 is 1.72 bits per heavy atom. The molecule has 1 N–H and O–H groups in total. The molecule has 1 heterocycles. The van der Waals surface area contributed by atoms with Gasteiger partial charge in [0, 0.05) is 10.7 Å². The van der Waals surface area contributed by atoms with Crippen molar-refractivity contribution in [2.24, 2.45) is 11.8 Å². The Morgan fingerprint density at radius 2 is 1.28 bits per heavy atom. The second-order valence-corrected chi connectivity index (χ2v) is 11.2. The number of nitrogens with one attached hydrogen (secondary N) is 1. The average Bonchev–Trinajstić information content (AvgIpc) is 3.15. The van der Waals surface area contributed by atoms with Crippen molar-refractivity contribution in [1.29, 1.82) is 0 Å². The van der Waals surface area contributed by atoms with Gasteiger partial charge in [0.15, 0.2) is 0 Å². The van der Waals surface area contributed by atoms with Crippen LogP contribution in [0.5, 0.6) is 0 Å². The molecule has 36 heavy (non-hydrogen) atoms. The minimum Gasteiger partial charge on any atom is -0.324 e. The summed E-state index contributed by atoms with van der Waals surface area (Å²) in [7, 11) is 0. The van der Waals surface area contributed by atoms with Crippen molar-refractivity contribution in [2.45, 2.75) is 29.6 Å². The molecule has 4 aliphatic rings. The minimum absolute atomic E-state index is 0.500. The molecular weight excluding hydrogens is 519 g/mol. The third-order valence-electron chi connectivity index (χ3n) is 7.91. The Hall–Kier alpha value is -2.86. The predicted octanol–water partition coefficient (Wildman–Crippen LogP) is 5.57. The van der Waals surface area contributed by atoms with Crippen LogP contribution in [-0.4, -0.2) is 28.7 Å². The van der Waals surface area contributed by atoms with Crippen LogP contribution in [0.2, 0.25) is 5.02 Å². The first-order valence-electron chi connectivity index (χ1n) is 11.6. The monoisotopic (exact) mass is 538 g/mol. The van der Waals surface area contributed by atoms with Crippen molar-refractivity contribution in [3.05, 3.63) is 99.6 Å². The molecule has 3 amide bonds. The number of imide groups is 1. The standard InChI is InChI=1S/C28H21Cl3N2O3/c1-14-20(29)12-7-13-21(14)32-24(34)15(2)33-25(35)22-23(26(33)36)28(31)17-9-4-3-8-16(17)27(22,30)18-10-5-6-11-19(18)28/h3-13,15,22-23H,1-2H3,(H,32,34)/t15-,22-,23-,27?,28?/m0/s1. The van der Waals surface area contributed by atoms with Crippen molar-refractivity contribution in [3.8, 4) is 0 Å². The molecule has 1 fully saturated rings. The molecule has 0 radical (unpaired) electrons. The number of hydrogen-bond donors (Lipinski definition) is 1. The maximum Gasteiger partial charge on any atom is 0.247 e. The van der Waals surface area contributed by atoms with E-state index in [1.165, 1.54) is 6.92 Å².